The first kappa shape index (κ1) is 19.1. The number of methoxy groups -OCH3 is 2. The van der Waals surface area contributed by atoms with E-state index in [0.29, 0.717) is 23.6 Å². The van der Waals surface area contributed by atoms with Gasteiger partial charge in [0.05, 0.1) is 14.2 Å². The largest absolute Gasteiger partial charge is 0.497 e. The molecule has 2 N–H and O–H groups in total. The number of rotatable bonds is 5. The molecule has 25 heavy (non-hydrogen) atoms. The normalized spacial score (nSPS) is 15.5. The number of amides is 1. The minimum absolute atomic E-state index is 0. The van der Waals surface area contributed by atoms with Gasteiger partial charge in [-0.15, -0.1) is 12.4 Å². The molecule has 2 aromatic carbocycles. The van der Waals surface area contributed by atoms with E-state index in [0.717, 1.165) is 13.0 Å². The van der Waals surface area contributed by atoms with Gasteiger partial charge in [-0.05, 0) is 36.2 Å². The quantitative estimate of drug-likeness (QED) is 0.858. The molecule has 0 aromatic heterocycles. The van der Waals surface area contributed by atoms with Gasteiger partial charge in [-0.1, -0.05) is 24.3 Å². The van der Waals surface area contributed by atoms with Crippen molar-refractivity contribution in [3.63, 3.8) is 0 Å². The van der Waals surface area contributed by atoms with E-state index in [2.05, 4.69) is 28.8 Å². The summed E-state index contributed by atoms with van der Waals surface area (Å²) in [7, 11) is 3.14. The third-order valence-corrected chi connectivity index (χ3v) is 4.30. The average Bonchev–Trinajstić information content (AvgIpc) is 2.65. The van der Waals surface area contributed by atoms with Gasteiger partial charge in [-0.2, -0.15) is 0 Å². The second kappa shape index (κ2) is 8.74. The van der Waals surface area contributed by atoms with Crippen LogP contribution in [-0.4, -0.2) is 33.2 Å². The summed E-state index contributed by atoms with van der Waals surface area (Å²) in [5.74, 6) is 1.05. The minimum atomic E-state index is -0.142. The number of hydrogen-bond acceptors (Lipinski definition) is 4. The highest BCUT2D eigenvalue weighted by Crippen LogP contribution is 2.24. The lowest BCUT2D eigenvalue weighted by Gasteiger charge is -2.27. The van der Waals surface area contributed by atoms with Gasteiger partial charge in [0.1, 0.15) is 11.5 Å². The van der Waals surface area contributed by atoms with E-state index in [9.17, 15) is 4.79 Å². The standard InChI is InChI=1S/C19H22N2O3.ClH/c1-23-15-9-14(10-16(11-15)24-2)19(22)21-12-18-17-6-4-3-5-13(17)7-8-20-18;/h3-6,9-11,18,20H,7-8,12H2,1-2H3,(H,21,22);1H. The van der Waals surface area contributed by atoms with Crippen molar-refractivity contribution in [2.45, 2.75) is 12.5 Å². The lowest BCUT2D eigenvalue weighted by molar-refractivity contribution is 0.0948. The molecular formula is C19H23ClN2O3. The number of hydrogen-bond donors (Lipinski definition) is 2. The van der Waals surface area contributed by atoms with Gasteiger partial charge in [0.2, 0.25) is 0 Å². The van der Waals surface area contributed by atoms with Gasteiger partial charge < -0.3 is 20.1 Å². The summed E-state index contributed by atoms with van der Waals surface area (Å²) in [6.07, 6.45) is 1.02. The van der Waals surface area contributed by atoms with Crippen molar-refractivity contribution >= 4 is 18.3 Å². The Morgan fingerprint density at radius 1 is 1.16 bits per heavy atom. The molecule has 1 unspecified atom stereocenters. The highest BCUT2D eigenvalue weighted by atomic mass is 35.5. The van der Waals surface area contributed by atoms with E-state index >= 15 is 0 Å². The number of fused-ring (bicyclic) bond motifs is 1. The van der Waals surface area contributed by atoms with E-state index in [1.807, 2.05) is 6.07 Å². The van der Waals surface area contributed by atoms with Crippen molar-refractivity contribution in [1.29, 1.82) is 0 Å². The monoisotopic (exact) mass is 362 g/mol. The molecule has 1 atom stereocenters. The van der Waals surface area contributed by atoms with Crippen LogP contribution >= 0.6 is 12.4 Å². The van der Waals surface area contributed by atoms with E-state index in [1.54, 1.807) is 32.4 Å². The summed E-state index contributed by atoms with van der Waals surface area (Å²) in [4.78, 5) is 12.5. The van der Waals surface area contributed by atoms with Crippen LogP contribution in [0.25, 0.3) is 0 Å². The zero-order valence-electron chi connectivity index (χ0n) is 14.4. The molecule has 0 bridgehead atoms. The van der Waals surface area contributed by atoms with Crippen LogP contribution in [0.5, 0.6) is 11.5 Å². The topological polar surface area (TPSA) is 59.6 Å². The lowest BCUT2D eigenvalue weighted by atomic mass is 9.94. The molecule has 1 aliphatic heterocycles. The number of carbonyl (C=O) groups is 1. The van der Waals surface area contributed by atoms with Crippen LogP contribution in [0.4, 0.5) is 0 Å². The van der Waals surface area contributed by atoms with Crippen molar-refractivity contribution in [2.24, 2.45) is 0 Å². The van der Waals surface area contributed by atoms with Gasteiger partial charge in [-0.3, -0.25) is 4.79 Å². The number of nitrogens with one attached hydrogen (secondary N) is 2. The molecule has 1 amide bonds. The molecule has 6 heteroatoms. The maximum Gasteiger partial charge on any atom is 0.251 e. The Morgan fingerprint density at radius 3 is 2.52 bits per heavy atom. The molecule has 3 rings (SSSR count). The Balaban J connectivity index is 0.00000225. The summed E-state index contributed by atoms with van der Waals surface area (Å²) in [5.41, 5.74) is 3.13. The predicted molar refractivity (Wildman–Crippen MR) is 100 cm³/mol. The Hall–Kier alpha value is -2.24. The van der Waals surface area contributed by atoms with Crippen molar-refractivity contribution in [2.75, 3.05) is 27.3 Å². The molecule has 0 aliphatic carbocycles. The summed E-state index contributed by atoms with van der Waals surface area (Å²) in [5, 5.41) is 6.46. The van der Waals surface area contributed by atoms with Gasteiger partial charge in [0.15, 0.2) is 0 Å². The zero-order chi connectivity index (χ0) is 16.9. The van der Waals surface area contributed by atoms with Gasteiger partial charge in [-0.25, -0.2) is 0 Å². The summed E-state index contributed by atoms with van der Waals surface area (Å²) in [6.45, 7) is 1.46. The van der Waals surface area contributed by atoms with E-state index < -0.39 is 0 Å². The predicted octanol–water partition coefficient (Wildman–Crippen LogP) is 2.74. The fourth-order valence-corrected chi connectivity index (χ4v) is 3.01. The third-order valence-electron chi connectivity index (χ3n) is 4.30. The fraction of sp³-hybridized carbons (Fsp3) is 0.316. The van der Waals surface area contributed by atoms with Crippen molar-refractivity contribution in [3.8, 4) is 11.5 Å². The molecule has 5 nitrogen and oxygen atoms in total. The van der Waals surface area contributed by atoms with E-state index in [-0.39, 0.29) is 24.4 Å². The first-order valence-corrected chi connectivity index (χ1v) is 8.03. The lowest BCUT2D eigenvalue weighted by Crippen LogP contribution is -2.38. The maximum absolute atomic E-state index is 12.5. The Labute approximate surface area is 154 Å². The smallest absolute Gasteiger partial charge is 0.251 e. The average molecular weight is 363 g/mol. The van der Waals surface area contributed by atoms with Crippen LogP contribution in [0.3, 0.4) is 0 Å². The fourth-order valence-electron chi connectivity index (χ4n) is 3.01. The highest BCUT2D eigenvalue weighted by molar-refractivity contribution is 5.95. The SMILES string of the molecule is COc1cc(OC)cc(C(=O)NCC2NCCc3ccccc32)c1.Cl. The summed E-state index contributed by atoms with van der Waals surface area (Å²) >= 11 is 0. The molecule has 2 aromatic rings. The van der Waals surface area contributed by atoms with Crippen LogP contribution in [0, 0.1) is 0 Å². The Morgan fingerprint density at radius 2 is 1.84 bits per heavy atom. The summed E-state index contributed by atoms with van der Waals surface area (Å²) in [6, 6.07) is 13.7. The molecule has 134 valence electrons. The number of halogens is 1. The molecule has 0 fully saturated rings. The van der Waals surface area contributed by atoms with Crippen LogP contribution in [0.1, 0.15) is 27.5 Å². The number of ether oxygens (including phenoxy) is 2. The highest BCUT2D eigenvalue weighted by Gasteiger charge is 2.20. The van der Waals surface area contributed by atoms with Crippen molar-refractivity contribution in [3.05, 3.63) is 59.2 Å². The Kier molecular flexibility index (Phi) is 6.67. The third kappa shape index (κ3) is 4.44. The summed E-state index contributed by atoms with van der Waals surface area (Å²) < 4.78 is 10.4. The number of benzene rings is 2. The van der Waals surface area contributed by atoms with Gasteiger partial charge in [0.25, 0.3) is 5.91 Å². The Bertz CT molecular complexity index is 714. The van der Waals surface area contributed by atoms with Gasteiger partial charge >= 0.3 is 0 Å². The van der Waals surface area contributed by atoms with E-state index in [1.165, 1.54) is 11.1 Å². The first-order chi connectivity index (χ1) is 11.7. The molecule has 0 spiro atoms. The second-order valence-electron chi connectivity index (χ2n) is 5.77. The van der Waals surface area contributed by atoms with Crippen LogP contribution < -0.4 is 20.1 Å². The zero-order valence-corrected chi connectivity index (χ0v) is 15.2. The van der Waals surface area contributed by atoms with Crippen LogP contribution in [0.2, 0.25) is 0 Å². The van der Waals surface area contributed by atoms with Crippen molar-refractivity contribution < 1.29 is 14.3 Å². The maximum atomic E-state index is 12.5. The second-order valence-corrected chi connectivity index (χ2v) is 5.77. The van der Waals surface area contributed by atoms with Crippen LogP contribution in [-0.2, 0) is 6.42 Å². The molecule has 0 radical (unpaired) electrons. The molecule has 0 saturated heterocycles. The minimum Gasteiger partial charge on any atom is -0.497 e. The first-order valence-electron chi connectivity index (χ1n) is 8.03. The van der Waals surface area contributed by atoms with E-state index in [4.69, 9.17) is 9.47 Å². The van der Waals surface area contributed by atoms with Crippen molar-refractivity contribution in [1.82, 2.24) is 10.6 Å². The van der Waals surface area contributed by atoms with Crippen LogP contribution in [0.15, 0.2) is 42.5 Å². The molecule has 1 heterocycles. The van der Waals surface area contributed by atoms with Gasteiger partial charge in [0, 0.05) is 24.2 Å². The molecular weight excluding hydrogens is 340 g/mol. The molecule has 0 saturated carbocycles. The number of carbonyl (C=O) groups excluding carboxylic acids is 1. The molecule has 1 aliphatic rings.